The molecular formula is C21H17N5O3. The van der Waals surface area contributed by atoms with Gasteiger partial charge in [0.05, 0.1) is 5.69 Å². The maximum Gasteiger partial charge on any atom is 0.255 e. The molecule has 8 heteroatoms. The molecule has 0 saturated carbocycles. The molecule has 1 atom stereocenters. The molecule has 2 aliphatic heterocycles. The van der Waals surface area contributed by atoms with E-state index in [4.69, 9.17) is 0 Å². The van der Waals surface area contributed by atoms with Crippen molar-refractivity contribution in [1.29, 1.82) is 0 Å². The molecule has 5 rings (SSSR count). The lowest BCUT2D eigenvalue weighted by Gasteiger charge is -2.29. The summed E-state index contributed by atoms with van der Waals surface area (Å²) in [5.74, 6) is -0.192. The lowest BCUT2D eigenvalue weighted by atomic mass is 10.0. The van der Waals surface area contributed by atoms with E-state index in [1.165, 1.54) is 11.2 Å². The van der Waals surface area contributed by atoms with Crippen LogP contribution in [0, 0.1) is 0 Å². The van der Waals surface area contributed by atoms with Gasteiger partial charge in [0.25, 0.3) is 5.91 Å². The molecule has 29 heavy (non-hydrogen) atoms. The van der Waals surface area contributed by atoms with E-state index in [1.807, 2.05) is 42.5 Å². The number of rotatable bonds is 3. The van der Waals surface area contributed by atoms with Crippen molar-refractivity contribution in [3.05, 3.63) is 66.0 Å². The highest BCUT2D eigenvalue weighted by molar-refractivity contribution is 6.05. The number of hydrogen-bond acceptors (Lipinski definition) is 5. The van der Waals surface area contributed by atoms with Crippen molar-refractivity contribution < 1.29 is 14.4 Å². The zero-order valence-corrected chi connectivity index (χ0v) is 15.4. The van der Waals surface area contributed by atoms with Gasteiger partial charge in [-0.1, -0.05) is 30.3 Å². The predicted molar refractivity (Wildman–Crippen MR) is 103 cm³/mol. The first kappa shape index (κ1) is 17.3. The van der Waals surface area contributed by atoms with E-state index in [1.54, 1.807) is 10.7 Å². The van der Waals surface area contributed by atoms with E-state index in [9.17, 15) is 14.4 Å². The number of fused-ring (bicyclic) bond motifs is 1. The molecular weight excluding hydrogens is 370 g/mol. The van der Waals surface area contributed by atoms with Gasteiger partial charge in [0.1, 0.15) is 12.4 Å². The molecule has 1 fully saturated rings. The number of benzene rings is 2. The Bertz CT molecular complexity index is 1140. The Morgan fingerprint density at radius 3 is 2.66 bits per heavy atom. The average Bonchev–Trinajstić information content (AvgIpc) is 3.34. The van der Waals surface area contributed by atoms with Crippen LogP contribution >= 0.6 is 0 Å². The SMILES string of the molecule is O=C1CCC(N2Cc3cc(-n4ncnc4-c4ccccc4)ccc3C2=O)C(=O)N1. The van der Waals surface area contributed by atoms with Gasteiger partial charge in [-0.05, 0) is 30.2 Å². The number of nitrogens with zero attached hydrogens (tertiary/aromatic N) is 4. The van der Waals surface area contributed by atoms with Crippen molar-refractivity contribution in [2.45, 2.75) is 25.4 Å². The largest absolute Gasteiger partial charge is 0.322 e. The van der Waals surface area contributed by atoms with Crippen molar-refractivity contribution in [1.82, 2.24) is 25.0 Å². The second kappa shape index (κ2) is 6.66. The first-order chi connectivity index (χ1) is 14.1. The minimum absolute atomic E-state index is 0.192. The molecule has 0 spiro atoms. The van der Waals surface area contributed by atoms with Crippen molar-refractivity contribution in [2.75, 3.05) is 0 Å². The zero-order valence-electron chi connectivity index (χ0n) is 15.4. The number of carbonyl (C=O) groups excluding carboxylic acids is 3. The Morgan fingerprint density at radius 1 is 1.03 bits per heavy atom. The van der Waals surface area contributed by atoms with Crippen molar-refractivity contribution in [3.63, 3.8) is 0 Å². The summed E-state index contributed by atoms with van der Waals surface area (Å²) < 4.78 is 1.73. The summed E-state index contributed by atoms with van der Waals surface area (Å²) in [6, 6.07) is 14.6. The zero-order chi connectivity index (χ0) is 20.0. The van der Waals surface area contributed by atoms with E-state index in [2.05, 4.69) is 15.4 Å². The van der Waals surface area contributed by atoms with Gasteiger partial charge in [-0.2, -0.15) is 5.10 Å². The first-order valence-corrected chi connectivity index (χ1v) is 9.35. The molecule has 2 aromatic carbocycles. The van der Waals surface area contributed by atoms with E-state index >= 15 is 0 Å². The molecule has 3 amide bonds. The highest BCUT2D eigenvalue weighted by atomic mass is 16.2. The van der Waals surface area contributed by atoms with Gasteiger partial charge in [0.15, 0.2) is 5.82 Å². The maximum atomic E-state index is 12.8. The van der Waals surface area contributed by atoms with Crippen LogP contribution in [0.25, 0.3) is 17.1 Å². The number of amides is 3. The van der Waals surface area contributed by atoms with E-state index in [0.717, 1.165) is 16.8 Å². The highest BCUT2D eigenvalue weighted by Crippen LogP contribution is 2.30. The minimum Gasteiger partial charge on any atom is -0.322 e. The van der Waals surface area contributed by atoms with Crippen LogP contribution in [-0.2, 0) is 16.1 Å². The number of hydrogen-bond donors (Lipinski definition) is 1. The number of imide groups is 1. The molecule has 1 aromatic heterocycles. The van der Waals surface area contributed by atoms with Crippen LogP contribution in [0.2, 0.25) is 0 Å². The second-order valence-corrected chi connectivity index (χ2v) is 7.10. The molecule has 1 N–H and O–H groups in total. The van der Waals surface area contributed by atoms with Crippen LogP contribution in [0.5, 0.6) is 0 Å². The predicted octanol–water partition coefficient (Wildman–Crippen LogP) is 1.70. The molecule has 1 unspecified atom stereocenters. The lowest BCUT2D eigenvalue weighted by Crippen LogP contribution is -2.52. The summed E-state index contributed by atoms with van der Waals surface area (Å²) in [5, 5.41) is 6.66. The normalized spacial score (nSPS) is 18.7. The summed E-state index contributed by atoms with van der Waals surface area (Å²) in [6.45, 7) is 0.323. The summed E-state index contributed by atoms with van der Waals surface area (Å²) in [7, 11) is 0. The molecule has 0 aliphatic carbocycles. The van der Waals surface area contributed by atoms with E-state index in [-0.39, 0.29) is 18.2 Å². The van der Waals surface area contributed by atoms with Crippen LogP contribution in [0.15, 0.2) is 54.9 Å². The standard InChI is InChI=1S/C21H17N5O3/c27-18-9-8-17(20(28)24-18)25-11-14-10-15(6-7-16(14)21(25)29)26-19(22-12-23-26)13-4-2-1-3-5-13/h1-7,10,12,17H,8-9,11H2,(H,24,27,28). The first-order valence-electron chi connectivity index (χ1n) is 9.35. The van der Waals surface area contributed by atoms with Gasteiger partial charge in [0, 0.05) is 24.1 Å². The van der Waals surface area contributed by atoms with Gasteiger partial charge in [0.2, 0.25) is 11.8 Å². The molecule has 0 bridgehead atoms. The quantitative estimate of drug-likeness (QED) is 0.690. The summed E-state index contributed by atoms with van der Waals surface area (Å²) in [5.41, 5.74) is 3.12. The Kier molecular flexibility index (Phi) is 3.97. The van der Waals surface area contributed by atoms with Gasteiger partial charge >= 0.3 is 0 Å². The number of nitrogens with one attached hydrogen (secondary N) is 1. The number of carbonyl (C=O) groups is 3. The Hall–Kier alpha value is -3.81. The molecule has 1 saturated heterocycles. The fourth-order valence-electron chi connectivity index (χ4n) is 3.91. The third kappa shape index (κ3) is 2.89. The van der Waals surface area contributed by atoms with Gasteiger partial charge in [-0.15, -0.1) is 0 Å². The maximum absolute atomic E-state index is 12.8. The van der Waals surface area contributed by atoms with Crippen LogP contribution in [-0.4, -0.2) is 43.4 Å². The van der Waals surface area contributed by atoms with Crippen molar-refractivity contribution in [3.8, 4) is 17.1 Å². The molecule has 2 aliphatic rings. The third-order valence-corrected chi connectivity index (χ3v) is 5.33. The monoisotopic (exact) mass is 387 g/mol. The highest BCUT2D eigenvalue weighted by Gasteiger charge is 2.39. The number of aromatic nitrogens is 3. The Labute approximate surface area is 166 Å². The molecule has 0 radical (unpaired) electrons. The second-order valence-electron chi connectivity index (χ2n) is 7.10. The topological polar surface area (TPSA) is 97.2 Å². The third-order valence-electron chi connectivity index (χ3n) is 5.33. The molecule has 144 valence electrons. The summed E-state index contributed by atoms with van der Waals surface area (Å²) >= 11 is 0. The van der Waals surface area contributed by atoms with Gasteiger partial charge < -0.3 is 4.90 Å². The summed E-state index contributed by atoms with van der Waals surface area (Å²) in [6.07, 6.45) is 2.08. The lowest BCUT2D eigenvalue weighted by molar-refractivity contribution is -0.136. The van der Waals surface area contributed by atoms with E-state index < -0.39 is 11.9 Å². The fraction of sp³-hybridized carbons (Fsp3) is 0.190. The Morgan fingerprint density at radius 2 is 1.86 bits per heavy atom. The number of piperidine rings is 1. The van der Waals surface area contributed by atoms with Crippen LogP contribution < -0.4 is 5.32 Å². The molecule has 3 aromatic rings. The van der Waals surface area contributed by atoms with Crippen LogP contribution in [0.3, 0.4) is 0 Å². The molecule has 8 nitrogen and oxygen atoms in total. The van der Waals surface area contributed by atoms with Gasteiger partial charge in [-0.3, -0.25) is 19.7 Å². The van der Waals surface area contributed by atoms with Gasteiger partial charge in [-0.25, -0.2) is 9.67 Å². The van der Waals surface area contributed by atoms with Crippen molar-refractivity contribution in [2.24, 2.45) is 0 Å². The molecule has 3 heterocycles. The minimum atomic E-state index is -0.623. The summed E-state index contributed by atoms with van der Waals surface area (Å²) in [4.78, 5) is 42.3. The van der Waals surface area contributed by atoms with Crippen LogP contribution in [0.1, 0.15) is 28.8 Å². The van der Waals surface area contributed by atoms with E-state index in [0.29, 0.717) is 24.4 Å². The smallest absolute Gasteiger partial charge is 0.255 e. The Balaban J connectivity index is 1.47. The average molecular weight is 387 g/mol. The van der Waals surface area contributed by atoms with Crippen molar-refractivity contribution >= 4 is 17.7 Å². The van der Waals surface area contributed by atoms with Crippen LogP contribution in [0.4, 0.5) is 0 Å². The fourth-order valence-corrected chi connectivity index (χ4v) is 3.91.